The highest BCUT2D eigenvalue weighted by Crippen LogP contribution is 2.29. The van der Waals surface area contributed by atoms with Crippen LogP contribution in [-0.2, 0) is 6.42 Å². The van der Waals surface area contributed by atoms with E-state index in [9.17, 15) is 4.79 Å². The van der Waals surface area contributed by atoms with Gasteiger partial charge in [-0.1, -0.05) is 18.5 Å². The number of pyridine rings is 1. The van der Waals surface area contributed by atoms with Crippen LogP contribution < -0.4 is 5.32 Å². The largest absolute Gasteiger partial charge is 0.322 e. The van der Waals surface area contributed by atoms with Gasteiger partial charge < -0.3 is 10.2 Å². The third kappa shape index (κ3) is 3.56. The predicted octanol–water partition coefficient (Wildman–Crippen LogP) is 4.29. The second-order valence-corrected chi connectivity index (χ2v) is 6.44. The number of nitrogens with one attached hydrogen (secondary N) is 1. The Morgan fingerprint density at radius 3 is 2.86 bits per heavy atom. The van der Waals surface area contributed by atoms with E-state index in [0.717, 1.165) is 22.0 Å². The van der Waals surface area contributed by atoms with Gasteiger partial charge in [-0.05, 0) is 32.4 Å². The van der Waals surface area contributed by atoms with Crippen molar-refractivity contribution in [1.29, 1.82) is 0 Å². The first-order chi connectivity index (χ1) is 10.4. The Bertz CT molecular complexity index is 673. The first-order valence-corrected chi connectivity index (χ1v) is 8.24. The van der Waals surface area contributed by atoms with Gasteiger partial charge in [0.25, 0.3) is 0 Å². The summed E-state index contributed by atoms with van der Waals surface area (Å²) in [4.78, 5) is 23.6. The summed E-state index contributed by atoms with van der Waals surface area (Å²) < 4.78 is 0. The van der Waals surface area contributed by atoms with E-state index in [1.54, 1.807) is 41.6 Å². The molecule has 1 atom stereocenters. The Morgan fingerprint density at radius 1 is 1.55 bits per heavy atom. The number of carbonyl (C=O) groups is 1. The van der Waals surface area contributed by atoms with E-state index < -0.39 is 0 Å². The SMILES string of the molecule is CCc1nc(C)c([C@@H](C)N(C)C(=O)Nc2cccnc2Cl)s1. The van der Waals surface area contributed by atoms with E-state index >= 15 is 0 Å². The Balaban J connectivity index is 2.12. The minimum Gasteiger partial charge on any atom is -0.320 e. The number of aromatic nitrogens is 2. The van der Waals surface area contributed by atoms with Crippen molar-refractivity contribution in [2.75, 3.05) is 12.4 Å². The first-order valence-electron chi connectivity index (χ1n) is 7.04. The van der Waals surface area contributed by atoms with Crippen LogP contribution in [0.4, 0.5) is 10.5 Å². The number of carbonyl (C=O) groups excluding carboxylic acids is 1. The summed E-state index contributed by atoms with van der Waals surface area (Å²) in [6, 6.07) is 3.16. The topological polar surface area (TPSA) is 58.1 Å². The molecule has 2 aromatic heterocycles. The molecule has 0 saturated carbocycles. The Morgan fingerprint density at radius 2 is 2.27 bits per heavy atom. The van der Waals surface area contributed by atoms with Crippen molar-refractivity contribution < 1.29 is 4.79 Å². The van der Waals surface area contributed by atoms with Crippen LogP contribution in [0, 0.1) is 6.92 Å². The first kappa shape index (κ1) is 16.7. The van der Waals surface area contributed by atoms with Gasteiger partial charge in [-0.15, -0.1) is 11.3 Å². The molecule has 118 valence electrons. The van der Waals surface area contributed by atoms with Crippen molar-refractivity contribution in [3.05, 3.63) is 39.1 Å². The normalized spacial score (nSPS) is 12.0. The van der Waals surface area contributed by atoms with Crippen molar-refractivity contribution in [3.63, 3.8) is 0 Å². The van der Waals surface area contributed by atoms with Crippen LogP contribution in [-0.4, -0.2) is 27.9 Å². The highest BCUT2D eigenvalue weighted by Gasteiger charge is 2.22. The molecule has 2 amide bonds. The van der Waals surface area contributed by atoms with Crippen LogP contribution in [0.25, 0.3) is 0 Å². The van der Waals surface area contributed by atoms with Crippen molar-refractivity contribution >= 4 is 34.7 Å². The summed E-state index contributed by atoms with van der Waals surface area (Å²) in [5.41, 5.74) is 1.48. The van der Waals surface area contributed by atoms with Gasteiger partial charge in [0.2, 0.25) is 0 Å². The quantitative estimate of drug-likeness (QED) is 0.846. The molecule has 2 rings (SSSR count). The average molecular weight is 339 g/mol. The molecule has 0 aromatic carbocycles. The number of rotatable bonds is 4. The smallest absolute Gasteiger partial charge is 0.320 e. The van der Waals surface area contributed by atoms with Gasteiger partial charge in [-0.2, -0.15) is 0 Å². The minimum absolute atomic E-state index is 0.0618. The number of nitrogens with zero attached hydrogens (tertiary/aromatic N) is 3. The molecular formula is C15H19ClN4OS. The number of hydrogen-bond donors (Lipinski definition) is 1. The van der Waals surface area contributed by atoms with Gasteiger partial charge in [-0.25, -0.2) is 14.8 Å². The number of anilines is 1. The summed E-state index contributed by atoms with van der Waals surface area (Å²) in [6.45, 7) is 6.04. The lowest BCUT2D eigenvalue weighted by atomic mass is 10.2. The molecule has 0 saturated heterocycles. The fourth-order valence-electron chi connectivity index (χ4n) is 2.04. The van der Waals surface area contributed by atoms with Gasteiger partial charge in [0.15, 0.2) is 5.15 Å². The molecule has 1 N–H and O–H groups in total. The maximum absolute atomic E-state index is 12.4. The van der Waals surface area contributed by atoms with Crippen LogP contribution >= 0.6 is 22.9 Å². The number of hydrogen-bond acceptors (Lipinski definition) is 4. The number of halogens is 1. The molecule has 22 heavy (non-hydrogen) atoms. The lowest BCUT2D eigenvalue weighted by molar-refractivity contribution is 0.209. The van der Waals surface area contributed by atoms with Crippen molar-refractivity contribution in [2.45, 2.75) is 33.2 Å². The minimum atomic E-state index is -0.228. The second kappa shape index (κ2) is 7.07. The Kier molecular flexibility index (Phi) is 5.37. The number of aryl methyl sites for hydroxylation is 2. The van der Waals surface area contributed by atoms with E-state index in [1.807, 2.05) is 13.8 Å². The standard InChI is InChI=1S/C15H19ClN4OS/c1-5-12-18-9(2)13(22-12)10(3)20(4)15(21)19-11-7-6-8-17-14(11)16/h6-8,10H,5H2,1-4H3,(H,19,21)/t10-/m1/s1. The number of amides is 2. The fraction of sp³-hybridized carbons (Fsp3) is 0.400. The van der Waals surface area contributed by atoms with Gasteiger partial charge in [0.05, 0.1) is 22.4 Å². The summed E-state index contributed by atoms with van der Waals surface area (Å²) in [5, 5.41) is 4.14. The molecule has 0 spiro atoms. The van der Waals surface area contributed by atoms with Crippen LogP contribution in [0.2, 0.25) is 5.15 Å². The highest BCUT2D eigenvalue weighted by molar-refractivity contribution is 7.11. The molecule has 5 nitrogen and oxygen atoms in total. The third-order valence-corrected chi connectivity index (χ3v) is 5.23. The second-order valence-electron chi connectivity index (χ2n) is 4.97. The summed E-state index contributed by atoms with van der Waals surface area (Å²) in [7, 11) is 1.76. The Hall–Kier alpha value is -1.66. The average Bonchev–Trinajstić information content (AvgIpc) is 2.89. The lowest BCUT2D eigenvalue weighted by Gasteiger charge is -2.24. The van der Waals surface area contributed by atoms with Crippen LogP contribution in [0.1, 0.15) is 35.5 Å². The van der Waals surface area contributed by atoms with Crippen molar-refractivity contribution in [2.24, 2.45) is 0 Å². The molecule has 0 aliphatic heterocycles. The van der Waals surface area contributed by atoms with Gasteiger partial charge >= 0.3 is 6.03 Å². The molecular weight excluding hydrogens is 320 g/mol. The zero-order chi connectivity index (χ0) is 16.3. The molecule has 2 aromatic rings. The summed E-state index contributed by atoms with van der Waals surface area (Å²) >= 11 is 7.62. The van der Waals surface area contributed by atoms with Crippen molar-refractivity contribution in [3.8, 4) is 0 Å². The molecule has 0 aliphatic carbocycles. The van der Waals surface area contributed by atoms with Crippen LogP contribution in [0.5, 0.6) is 0 Å². The maximum Gasteiger partial charge on any atom is 0.322 e. The highest BCUT2D eigenvalue weighted by atomic mass is 35.5. The van der Waals surface area contributed by atoms with Gasteiger partial charge in [0.1, 0.15) is 0 Å². The molecule has 7 heteroatoms. The van der Waals surface area contributed by atoms with E-state index in [1.165, 1.54) is 0 Å². The number of urea groups is 1. The molecule has 0 fully saturated rings. The summed E-state index contributed by atoms with van der Waals surface area (Å²) in [5.74, 6) is 0. The number of thiazole rings is 1. The van der Waals surface area contributed by atoms with E-state index in [4.69, 9.17) is 11.6 Å². The van der Waals surface area contributed by atoms with Crippen molar-refractivity contribution in [1.82, 2.24) is 14.9 Å². The fourth-order valence-corrected chi connectivity index (χ4v) is 3.31. The molecule has 0 bridgehead atoms. The van der Waals surface area contributed by atoms with Gasteiger partial charge in [-0.3, -0.25) is 0 Å². The predicted molar refractivity (Wildman–Crippen MR) is 90.7 cm³/mol. The van der Waals surface area contributed by atoms with E-state index in [0.29, 0.717) is 5.69 Å². The maximum atomic E-state index is 12.4. The summed E-state index contributed by atoms with van der Waals surface area (Å²) in [6.07, 6.45) is 2.48. The molecule has 0 radical (unpaired) electrons. The van der Waals surface area contributed by atoms with Crippen LogP contribution in [0.15, 0.2) is 18.3 Å². The zero-order valence-corrected chi connectivity index (χ0v) is 14.6. The van der Waals surface area contributed by atoms with Crippen LogP contribution in [0.3, 0.4) is 0 Å². The lowest BCUT2D eigenvalue weighted by Crippen LogP contribution is -2.33. The molecule has 0 aliphatic rings. The Labute approximate surface area is 139 Å². The third-order valence-electron chi connectivity index (χ3n) is 3.46. The van der Waals surface area contributed by atoms with E-state index in [-0.39, 0.29) is 17.2 Å². The van der Waals surface area contributed by atoms with E-state index in [2.05, 4.69) is 22.2 Å². The van der Waals surface area contributed by atoms with Gasteiger partial charge in [0, 0.05) is 18.1 Å². The zero-order valence-electron chi connectivity index (χ0n) is 13.1. The molecule has 0 unspecified atom stereocenters. The monoisotopic (exact) mass is 338 g/mol. The molecule has 2 heterocycles.